The molecular weight excluding hydrogens is 248 g/mol. The second-order valence-corrected chi connectivity index (χ2v) is 4.41. The van der Waals surface area contributed by atoms with Crippen molar-refractivity contribution in [3.8, 4) is 0 Å². The highest BCUT2D eigenvalue weighted by Gasteiger charge is 2.37. The van der Waals surface area contributed by atoms with E-state index in [-0.39, 0.29) is 12.0 Å². The first-order valence-corrected chi connectivity index (χ1v) is 7.03. The monoisotopic (exact) mass is 272 g/mol. The molecule has 6 nitrogen and oxygen atoms in total. The molecule has 6 heteroatoms. The Morgan fingerprint density at radius 2 is 2.11 bits per heavy atom. The van der Waals surface area contributed by atoms with Crippen molar-refractivity contribution in [2.24, 2.45) is 0 Å². The lowest BCUT2D eigenvalue weighted by molar-refractivity contribution is -0.163. The summed E-state index contributed by atoms with van der Waals surface area (Å²) in [4.78, 5) is 30.9. The molecule has 0 spiro atoms. The maximum Gasteiger partial charge on any atom is 0.344 e. The SMILES string of the molecule is CCCCON1CC[C@@H](C(=O)OCC)N(CC)C1=O. The fourth-order valence-corrected chi connectivity index (χ4v) is 2.05. The van der Waals surface area contributed by atoms with Crippen molar-refractivity contribution in [1.29, 1.82) is 0 Å². The van der Waals surface area contributed by atoms with Crippen LogP contribution >= 0.6 is 0 Å². The smallest absolute Gasteiger partial charge is 0.344 e. The van der Waals surface area contributed by atoms with Gasteiger partial charge in [-0.25, -0.2) is 14.7 Å². The second-order valence-electron chi connectivity index (χ2n) is 4.41. The summed E-state index contributed by atoms with van der Waals surface area (Å²) < 4.78 is 5.00. The van der Waals surface area contributed by atoms with E-state index < -0.39 is 6.04 Å². The standard InChI is InChI=1S/C13H24N2O4/c1-4-7-10-19-15-9-8-11(12(16)18-6-3)14(5-2)13(15)17/h11H,4-10H2,1-3H3/t11-/m0/s1. The van der Waals surface area contributed by atoms with Crippen molar-refractivity contribution in [2.75, 3.05) is 26.3 Å². The number of hydrogen-bond acceptors (Lipinski definition) is 4. The van der Waals surface area contributed by atoms with Crippen LogP contribution in [0.5, 0.6) is 0 Å². The minimum absolute atomic E-state index is 0.247. The van der Waals surface area contributed by atoms with E-state index in [4.69, 9.17) is 9.57 Å². The number of urea groups is 1. The van der Waals surface area contributed by atoms with Gasteiger partial charge in [-0.15, -0.1) is 0 Å². The van der Waals surface area contributed by atoms with Crippen molar-refractivity contribution < 1.29 is 19.2 Å². The van der Waals surface area contributed by atoms with E-state index >= 15 is 0 Å². The number of unbranched alkanes of at least 4 members (excludes halogenated alkanes) is 1. The van der Waals surface area contributed by atoms with E-state index in [0.717, 1.165) is 12.8 Å². The first-order chi connectivity index (χ1) is 9.15. The first-order valence-electron chi connectivity index (χ1n) is 7.03. The molecule has 0 aromatic carbocycles. The van der Waals surface area contributed by atoms with Gasteiger partial charge >= 0.3 is 12.0 Å². The third-order valence-electron chi connectivity index (χ3n) is 3.09. The number of nitrogens with zero attached hydrogens (tertiary/aromatic N) is 2. The van der Waals surface area contributed by atoms with Gasteiger partial charge in [0, 0.05) is 6.54 Å². The van der Waals surface area contributed by atoms with Gasteiger partial charge in [-0.2, -0.15) is 0 Å². The molecule has 19 heavy (non-hydrogen) atoms. The van der Waals surface area contributed by atoms with Crippen molar-refractivity contribution >= 4 is 12.0 Å². The Kier molecular flexibility index (Phi) is 6.62. The molecule has 1 rings (SSSR count). The predicted octanol–water partition coefficient (Wildman–Crippen LogP) is 1.80. The van der Waals surface area contributed by atoms with E-state index in [1.807, 2.05) is 6.92 Å². The summed E-state index contributed by atoms with van der Waals surface area (Å²) in [7, 11) is 0. The number of carbonyl (C=O) groups excluding carboxylic acids is 2. The van der Waals surface area contributed by atoms with Gasteiger partial charge in [0.1, 0.15) is 6.04 Å². The third-order valence-corrected chi connectivity index (χ3v) is 3.09. The van der Waals surface area contributed by atoms with Crippen LogP contribution in [-0.2, 0) is 14.4 Å². The predicted molar refractivity (Wildman–Crippen MR) is 70.4 cm³/mol. The van der Waals surface area contributed by atoms with E-state index in [0.29, 0.717) is 32.7 Å². The number of hydroxylamine groups is 2. The Balaban J connectivity index is 2.59. The summed E-state index contributed by atoms with van der Waals surface area (Å²) in [5.41, 5.74) is 0. The zero-order valence-corrected chi connectivity index (χ0v) is 12.1. The van der Waals surface area contributed by atoms with Gasteiger partial charge in [0.25, 0.3) is 0 Å². The van der Waals surface area contributed by atoms with Crippen LogP contribution < -0.4 is 0 Å². The molecule has 0 bridgehead atoms. The van der Waals surface area contributed by atoms with Gasteiger partial charge < -0.3 is 9.64 Å². The maximum atomic E-state index is 12.2. The number of carbonyl (C=O) groups is 2. The summed E-state index contributed by atoms with van der Waals surface area (Å²) in [5, 5.41) is 1.36. The first kappa shape index (κ1) is 15.8. The molecule has 1 fully saturated rings. The largest absolute Gasteiger partial charge is 0.464 e. The lowest BCUT2D eigenvalue weighted by Crippen LogP contribution is -2.57. The van der Waals surface area contributed by atoms with Crippen LogP contribution in [0.25, 0.3) is 0 Å². The summed E-state index contributed by atoms with van der Waals surface area (Å²) in [6, 6.07) is -0.730. The minimum atomic E-state index is -0.483. The van der Waals surface area contributed by atoms with Crippen LogP contribution in [0.1, 0.15) is 40.0 Å². The van der Waals surface area contributed by atoms with Crippen LogP contribution in [0.3, 0.4) is 0 Å². The average molecular weight is 272 g/mol. The zero-order valence-electron chi connectivity index (χ0n) is 12.1. The average Bonchev–Trinajstić information content (AvgIpc) is 2.40. The number of hydrogen-bond donors (Lipinski definition) is 0. The van der Waals surface area contributed by atoms with E-state index in [1.54, 1.807) is 6.92 Å². The normalized spacial score (nSPS) is 19.7. The lowest BCUT2D eigenvalue weighted by Gasteiger charge is -2.38. The van der Waals surface area contributed by atoms with Gasteiger partial charge in [0.2, 0.25) is 0 Å². The Morgan fingerprint density at radius 1 is 1.37 bits per heavy atom. The topological polar surface area (TPSA) is 59.1 Å². The molecule has 110 valence electrons. The van der Waals surface area contributed by atoms with Gasteiger partial charge in [0.15, 0.2) is 0 Å². The molecule has 1 saturated heterocycles. The van der Waals surface area contributed by atoms with Gasteiger partial charge in [-0.05, 0) is 26.7 Å². The fourth-order valence-electron chi connectivity index (χ4n) is 2.05. The summed E-state index contributed by atoms with van der Waals surface area (Å²) >= 11 is 0. The molecule has 1 aliphatic rings. The quantitative estimate of drug-likeness (QED) is 0.524. The molecule has 1 aliphatic heterocycles. The highest BCUT2D eigenvalue weighted by molar-refractivity contribution is 5.84. The number of likely N-dealkylation sites (N-methyl/N-ethyl adjacent to an activating group) is 1. The van der Waals surface area contributed by atoms with Crippen LogP contribution in [-0.4, -0.2) is 54.3 Å². The van der Waals surface area contributed by atoms with Crippen LogP contribution in [0.15, 0.2) is 0 Å². The number of ether oxygens (including phenoxy) is 1. The van der Waals surface area contributed by atoms with E-state index in [1.165, 1.54) is 9.96 Å². The summed E-state index contributed by atoms with van der Waals surface area (Å²) in [5.74, 6) is -0.328. The Labute approximate surface area is 114 Å². The van der Waals surface area contributed by atoms with Gasteiger partial charge in [-0.1, -0.05) is 13.3 Å². The number of rotatable bonds is 7. The Bertz CT molecular complexity index is 309. The molecule has 2 amide bonds. The van der Waals surface area contributed by atoms with Crippen molar-refractivity contribution in [3.63, 3.8) is 0 Å². The molecule has 0 aromatic rings. The van der Waals surface area contributed by atoms with E-state index in [9.17, 15) is 9.59 Å². The van der Waals surface area contributed by atoms with Crippen molar-refractivity contribution in [3.05, 3.63) is 0 Å². The highest BCUT2D eigenvalue weighted by atomic mass is 16.7. The molecule has 0 aliphatic carbocycles. The van der Waals surface area contributed by atoms with Crippen molar-refractivity contribution in [1.82, 2.24) is 9.96 Å². The van der Waals surface area contributed by atoms with Crippen LogP contribution in [0, 0.1) is 0 Å². The fraction of sp³-hybridized carbons (Fsp3) is 0.846. The summed E-state index contributed by atoms with van der Waals surface area (Å²) in [6.45, 7) is 7.44. The molecule has 0 saturated carbocycles. The molecular formula is C13H24N2O4. The molecule has 0 radical (unpaired) electrons. The van der Waals surface area contributed by atoms with Crippen LogP contribution in [0.4, 0.5) is 4.79 Å². The highest BCUT2D eigenvalue weighted by Crippen LogP contribution is 2.18. The minimum Gasteiger partial charge on any atom is -0.464 e. The van der Waals surface area contributed by atoms with E-state index in [2.05, 4.69) is 6.92 Å². The van der Waals surface area contributed by atoms with Gasteiger partial charge in [-0.3, -0.25) is 4.84 Å². The maximum absolute atomic E-state index is 12.2. The Morgan fingerprint density at radius 3 is 2.68 bits per heavy atom. The molecule has 0 aromatic heterocycles. The van der Waals surface area contributed by atoms with Gasteiger partial charge in [0.05, 0.1) is 19.8 Å². The van der Waals surface area contributed by atoms with Crippen LogP contribution in [0.2, 0.25) is 0 Å². The Hall–Kier alpha value is -1.30. The zero-order chi connectivity index (χ0) is 14.3. The van der Waals surface area contributed by atoms with Crippen molar-refractivity contribution in [2.45, 2.75) is 46.1 Å². The molecule has 0 N–H and O–H groups in total. The second kappa shape index (κ2) is 7.99. The lowest BCUT2D eigenvalue weighted by atomic mass is 10.1. The molecule has 1 heterocycles. The molecule has 1 atom stereocenters. The summed E-state index contributed by atoms with van der Waals surface area (Å²) in [6.07, 6.45) is 2.48. The third kappa shape index (κ3) is 4.09. The molecule has 0 unspecified atom stereocenters. The number of esters is 1. The number of amides is 2.